The number of rotatable bonds is 3. The summed E-state index contributed by atoms with van der Waals surface area (Å²) in [5, 5.41) is 3.92. The summed E-state index contributed by atoms with van der Waals surface area (Å²) in [7, 11) is 0. The van der Waals surface area contributed by atoms with Gasteiger partial charge in [-0.05, 0) is 43.5 Å². The molecule has 0 spiro atoms. The first kappa shape index (κ1) is 15.0. The van der Waals surface area contributed by atoms with Crippen LogP contribution >= 0.6 is 31.9 Å². The molecule has 0 aromatic heterocycles. The summed E-state index contributed by atoms with van der Waals surface area (Å²) in [6, 6.07) is 5.75. The lowest BCUT2D eigenvalue weighted by atomic mass is 9.92. The Morgan fingerprint density at radius 2 is 2.05 bits per heavy atom. The zero-order valence-corrected chi connectivity index (χ0v) is 14.0. The van der Waals surface area contributed by atoms with Crippen LogP contribution in [0.5, 0.6) is 0 Å². The average Bonchev–Trinajstić information content (AvgIpc) is 2.38. The highest BCUT2D eigenvalue weighted by molar-refractivity contribution is 9.10. The van der Waals surface area contributed by atoms with Crippen LogP contribution < -0.4 is 5.32 Å². The summed E-state index contributed by atoms with van der Waals surface area (Å²) in [6.45, 7) is 3.38. The summed E-state index contributed by atoms with van der Waals surface area (Å²) in [5.41, 5.74) is 1.57. The molecule has 1 aliphatic heterocycles. The van der Waals surface area contributed by atoms with Crippen molar-refractivity contribution in [3.05, 3.63) is 33.8 Å². The molecule has 1 aromatic rings. The van der Waals surface area contributed by atoms with Gasteiger partial charge in [0.05, 0.1) is 5.54 Å². The largest absolute Gasteiger partial charge is 0.381 e. The van der Waals surface area contributed by atoms with Crippen LogP contribution in [0.3, 0.4) is 0 Å². The molecule has 0 saturated carbocycles. The molecule has 0 radical (unpaired) electrons. The number of amides is 1. The van der Waals surface area contributed by atoms with Gasteiger partial charge in [-0.25, -0.2) is 0 Å². The Hall–Kier alpha value is -0.390. The summed E-state index contributed by atoms with van der Waals surface area (Å²) >= 11 is 6.95. The highest BCUT2D eigenvalue weighted by Gasteiger charge is 2.33. The summed E-state index contributed by atoms with van der Waals surface area (Å²) in [5.74, 6) is -0.0225. The van der Waals surface area contributed by atoms with Gasteiger partial charge in [0, 0.05) is 28.6 Å². The Morgan fingerprint density at radius 1 is 1.37 bits per heavy atom. The van der Waals surface area contributed by atoms with Crippen LogP contribution in [0.25, 0.3) is 0 Å². The molecule has 1 fully saturated rings. The number of benzene rings is 1. The molecule has 1 heterocycles. The van der Waals surface area contributed by atoms with Crippen molar-refractivity contribution in [3.8, 4) is 0 Å². The van der Waals surface area contributed by atoms with Crippen LogP contribution in [-0.2, 0) is 4.74 Å². The van der Waals surface area contributed by atoms with Gasteiger partial charge in [0.1, 0.15) is 0 Å². The highest BCUT2D eigenvalue weighted by atomic mass is 79.9. The van der Waals surface area contributed by atoms with Gasteiger partial charge < -0.3 is 10.1 Å². The van der Waals surface area contributed by atoms with Crippen molar-refractivity contribution in [2.24, 2.45) is 0 Å². The van der Waals surface area contributed by atoms with Gasteiger partial charge in [0.2, 0.25) is 0 Å². The average molecular weight is 391 g/mol. The minimum absolute atomic E-state index is 0.0225. The summed E-state index contributed by atoms with van der Waals surface area (Å²) < 4.78 is 6.30. The Balaban J connectivity index is 2.15. The van der Waals surface area contributed by atoms with Gasteiger partial charge >= 0.3 is 0 Å². The fourth-order valence-electron chi connectivity index (χ4n) is 2.23. The predicted molar refractivity (Wildman–Crippen MR) is 82.9 cm³/mol. The van der Waals surface area contributed by atoms with E-state index in [1.807, 2.05) is 25.1 Å². The molecule has 5 heteroatoms. The van der Waals surface area contributed by atoms with Gasteiger partial charge in [-0.3, -0.25) is 4.79 Å². The molecule has 0 bridgehead atoms. The van der Waals surface area contributed by atoms with Crippen LogP contribution in [0.4, 0.5) is 0 Å². The van der Waals surface area contributed by atoms with Gasteiger partial charge in [0.25, 0.3) is 5.91 Å². The van der Waals surface area contributed by atoms with Crippen LogP contribution in [0, 0.1) is 6.92 Å². The van der Waals surface area contributed by atoms with E-state index in [0.717, 1.165) is 28.2 Å². The molecule has 0 atom stereocenters. The lowest BCUT2D eigenvalue weighted by molar-refractivity contribution is 0.0442. The fourth-order valence-corrected chi connectivity index (χ4v) is 3.54. The number of halogens is 2. The standard InChI is InChI=1S/C14H17Br2NO2/c1-10-6-11(8-12(16)7-10)13(18)17-14(9-15)2-4-19-5-3-14/h6-8H,2-5,9H2,1H3,(H,17,18). The number of carbonyl (C=O) groups excluding carboxylic acids is 1. The molecular formula is C14H17Br2NO2. The van der Waals surface area contributed by atoms with Gasteiger partial charge in [-0.15, -0.1) is 0 Å². The number of carbonyl (C=O) groups is 1. The van der Waals surface area contributed by atoms with Crippen LogP contribution in [0.2, 0.25) is 0 Å². The molecule has 1 N–H and O–H groups in total. The second kappa shape index (κ2) is 6.37. The Morgan fingerprint density at radius 3 is 2.63 bits per heavy atom. The topological polar surface area (TPSA) is 38.3 Å². The number of hydrogen-bond acceptors (Lipinski definition) is 2. The maximum absolute atomic E-state index is 12.4. The molecule has 1 aromatic carbocycles. The van der Waals surface area contributed by atoms with E-state index in [1.54, 1.807) is 0 Å². The SMILES string of the molecule is Cc1cc(Br)cc(C(=O)NC2(CBr)CCOCC2)c1. The second-order valence-corrected chi connectivity index (χ2v) is 6.47. The van der Waals surface area contributed by atoms with E-state index in [4.69, 9.17) is 4.74 Å². The van der Waals surface area contributed by atoms with Crippen LogP contribution in [-0.4, -0.2) is 30.0 Å². The lowest BCUT2D eigenvalue weighted by Crippen LogP contribution is -2.53. The Bertz CT molecular complexity index is 450. The predicted octanol–water partition coefficient (Wildman–Crippen LogP) is 3.43. The molecule has 104 valence electrons. The van der Waals surface area contributed by atoms with Crippen molar-refractivity contribution < 1.29 is 9.53 Å². The first-order valence-electron chi connectivity index (χ1n) is 6.28. The van der Waals surface area contributed by atoms with Gasteiger partial charge in [-0.1, -0.05) is 31.9 Å². The molecular weight excluding hydrogens is 374 g/mol. The van der Waals surface area contributed by atoms with Crippen molar-refractivity contribution >= 4 is 37.8 Å². The number of aryl methyl sites for hydroxylation is 1. The van der Waals surface area contributed by atoms with Crippen LogP contribution in [0.1, 0.15) is 28.8 Å². The molecule has 1 aliphatic rings. The molecule has 1 saturated heterocycles. The third-order valence-electron chi connectivity index (χ3n) is 3.39. The quantitative estimate of drug-likeness (QED) is 0.803. The third kappa shape index (κ3) is 3.80. The number of nitrogens with one attached hydrogen (secondary N) is 1. The normalized spacial score (nSPS) is 18.1. The molecule has 0 unspecified atom stereocenters. The minimum Gasteiger partial charge on any atom is -0.381 e. The van der Waals surface area contributed by atoms with Crippen molar-refractivity contribution in [1.82, 2.24) is 5.32 Å². The zero-order chi connectivity index (χ0) is 13.9. The smallest absolute Gasteiger partial charge is 0.251 e. The third-order valence-corrected chi connectivity index (χ3v) is 4.92. The fraction of sp³-hybridized carbons (Fsp3) is 0.500. The van der Waals surface area contributed by atoms with Crippen molar-refractivity contribution in [2.45, 2.75) is 25.3 Å². The van der Waals surface area contributed by atoms with E-state index in [1.165, 1.54) is 0 Å². The Labute approximate surface area is 130 Å². The van der Waals surface area contributed by atoms with E-state index in [9.17, 15) is 4.79 Å². The van der Waals surface area contributed by atoms with Crippen molar-refractivity contribution in [1.29, 1.82) is 0 Å². The zero-order valence-electron chi connectivity index (χ0n) is 10.8. The Kier molecular flexibility index (Phi) is 5.03. The van der Waals surface area contributed by atoms with E-state index >= 15 is 0 Å². The first-order valence-corrected chi connectivity index (χ1v) is 8.19. The lowest BCUT2D eigenvalue weighted by Gasteiger charge is -2.36. The van der Waals surface area contributed by atoms with E-state index < -0.39 is 0 Å². The van der Waals surface area contributed by atoms with E-state index in [2.05, 4.69) is 37.2 Å². The number of alkyl halides is 1. The maximum Gasteiger partial charge on any atom is 0.251 e. The minimum atomic E-state index is -0.189. The number of ether oxygens (including phenoxy) is 1. The van der Waals surface area contributed by atoms with Gasteiger partial charge in [-0.2, -0.15) is 0 Å². The highest BCUT2D eigenvalue weighted by Crippen LogP contribution is 2.24. The summed E-state index contributed by atoms with van der Waals surface area (Å²) in [6.07, 6.45) is 1.69. The number of hydrogen-bond donors (Lipinski definition) is 1. The monoisotopic (exact) mass is 389 g/mol. The van der Waals surface area contributed by atoms with Gasteiger partial charge in [0.15, 0.2) is 0 Å². The molecule has 0 aliphatic carbocycles. The maximum atomic E-state index is 12.4. The molecule has 1 amide bonds. The van der Waals surface area contributed by atoms with Crippen LogP contribution in [0.15, 0.2) is 22.7 Å². The second-order valence-electron chi connectivity index (χ2n) is 5.00. The molecule has 3 nitrogen and oxygen atoms in total. The van der Waals surface area contributed by atoms with E-state index in [-0.39, 0.29) is 11.4 Å². The van der Waals surface area contributed by atoms with E-state index in [0.29, 0.717) is 18.8 Å². The summed E-state index contributed by atoms with van der Waals surface area (Å²) in [4.78, 5) is 12.4. The van der Waals surface area contributed by atoms with Crippen molar-refractivity contribution in [3.63, 3.8) is 0 Å². The first-order chi connectivity index (χ1) is 9.04. The molecule has 2 rings (SSSR count). The molecule has 19 heavy (non-hydrogen) atoms. The van der Waals surface area contributed by atoms with Crippen molar-refractivity contribution in [2.75, 3.05) is 18.5 Å².